The molecule has 4 aromatic rings. The summed E-state index contributed by atoms with van der Waals surface area (Å²) in [5, 5.41) is 2.89. The van der Waals surface area contributed by atoms with E-state index in [4.69, 9.17) is 9.15 Å². The first-order chi connectivity index (χ1) is 16.6. The summed E-state index contributed by atoms with van der Waals surface area (Å²) < 4.78 is 11.1. The molecule has 174 valence electrons. The smallest absolute Gasteiger partial charge is 0.273 e. The average Bonchev–Trinajstić information content (AvgIpc) is 3.36. The first-order valence-electron chi connectivity index (χ1n) is 11.3. The number of rotatable bonds is 10. The predicted molar refractivity (Wildman–Crippen MR) is 131 cm³/mol. The van der Waals surface area contributed by atoms with Crippen molar-refractivity contribution in [3.63, 3.8) is 0 Å². The van der Waals surface area contributed by atoms with Gasteiger partial charge in [0.05, 0.1) is 13.7 Å². The average molecular weight is 456 g/mol. The zero-order chi connectivity index (χ0) is 23.8. The van der Waals surface area contributed by atoms with E-state index in [1.54, 1.807) is 7.11 Å². The van der Waals surface area contributed by atoms with Crippen LogP contribution in [0.5, 0.6) is 5.75 Å². The molecular weight excluding hydrogens is 426 g/mol. The van der Waals surface area contributed by atoms with Crippen molar-refractivity contribution in [2.45, 2.75) is 32.6 Å². The molecule has 0 aliphatic carbocycles. The number of amides is 1. The third-order valence-corrected chi connectivity index (χ3v) is 5.77. The highest BCUT2D eigenvalue weighted by molar-refractivity contribution is 5.91. The third kappa shape index (κ3) is 6.11. The molecule has 0 saturated heterocycles. The standard InChI is InChI=1S/C28H29N3O3/c1-21(24-13-7-4-8-14-24)31(18-23-12-9-15-25(16-23)33-2)19-27-30-26(20-34-27)28(32)29-17-22-10-5-3-6-11-22/h3-16,20-21H,17-19H2,1-2H3,(H,29,32). The maximum absolute atomic E-state index is 12.6. The third-order valence-electron chi connectivity index (χ3n) is 5.77. The van der Waals surface area contributed by atoms with Gasteiger partial charge < -0.3 is 14.5 Å². The van der Waals surface area contributed by atoms with Gasteiger partial charge in [-0.15, -0.1) is 0 Å². The molecule has 1 aromatic heterocycles. The van der Waals surface area contributed by atoms with Gasteiger partial charge in [0.2, 0.25) is 5.89 Å². The second-order valence-electron chi connectivity index (χ2n) is 8.14. The number of oxazole rings is 1. The molecule has 0 spiro atoms. The molecule has 3 aromatic carbocycles. The number of nitrogens with one attached hydrogen (secondary N) is 1. The minimum absolute atomic E-state index is 0.106. The molecule has 1 unspecified atom stereocenters. The Morgan fingerprint density at radius 1 is 0.971 bits per heavy atom. The van der Waals surface area contributed by atoms with Crippen LogP contribution < -0.4 is 10.1 Å². The second-order valence-corrected chi connectivity index (χ2v) is 8.14. The van der Waals surface area contributed by atoms with Crippen molar-refractivity contribution >= 4 is 5.91 Å². The van der Waals surface area contributed by atoms with Crippen LogP contribution in [0.15, 0.2) is 95.6 Å². The minimum Gasteiger partial charge on any atom is -0.497 e. The molecule has 1 N–H and O–H groups in total. The van der Waals surface area contributed by atoms with E-state index >= 15 is 0 Å². The lowest BCUT2D eigenvalue weighted by atomic mass is 10.1. The molecule has 4 rings (SSSR count). The summed E-state index contributed by atoms with van der Waals surface area (Å²) >= 11 is 0. The number of carbonyl (C=O) groups excluding carboxylic acids is 1. The molecule has 0 radical (unpaired) electrons. The Balaban J connectivity index is 1.48. The fourth-order valence-electron chi connectivity index (χ4n) is 3.81. The lowest BCUT2D eigenvalue weighted by Gasteiger charge is -2.28. The molecule has 34 heavy (non-hydrogen) atoms. The number of hydrogen-bond donors (Lipinski definition) is 1. The van der Waals surface area contributed by atoms with Gasteiger partial charge in [-0.2, -0.15) is 0 Å². The number of methoxy groups -OCH3 is 1. The van der Waals surface area contributed by atoms with Crippen molar-refractivity contribution in [2.24, 2.45) is 0 Å². The summed E-state index contributed by atoms with van der Waals surface area (Å²) in [6.45, 7) is 3.73. The van der Waals surface area contributed by atoms with Gasteiger partial charge in [0.1, 0.15) is 12.0 Å². The van der Waals surface area contributed by atoms with Crippen molar-refractivity contribution in [3.05, 3.63) is 119 Å². The highest BCUT2D eigenvalue weighted by Gasteiger charge is 2.20. The van der Waals surface area contributed by atoms with Crippen LogP contribution in [0.2, 0.25) is 0 Å². The van der Waals surface area contributed by atoms with Gasteiger partial charge >= 0.3 is 0 Å². The van der Waals surface area contributed by atoms with Gasteiger partial charge in [-0.3, -0.25) is 9.69 Å². The van der Waals surface area contributed by atoms with E-state index in [0.717, 1.165) is 16.9 Å². The maximum Gasteiger partial charge on any atom is 0.273 e. The summed E-state index contributed by atoms with van der Waals surface area (Å²) in [6, 6.07) is 28.2. The zero-order valence-electron chi connectivity index (χ0n) is 19.5. The van der Waals surface area contributed by atoms with Crippen molar-refractivity contribution in [2.75, 3.05) is 7.11 Å². The molecular formula is C28H29N3O3. The van der Waals surface area contributed by atoms with E-state index in [2.05, 4.69) is 40.3 Å². The highest BCUT2D eigenvalue weighted by atomic mass is 16.5. The topological polar surface area (TPSA) is 67.6 Å². The van der Waals surface area contributed by atoms with E-state index in [-0.39, 0.29) is 17.6 Å². The number of ether oxygens (including phenoxy) is 1. The summed E-state index contributed by atoms with van der Waals surface area (Å²) in [5.74, 6) is 1.06. The molecule has 0 aliphatic heterocycles. The van der Waals surface area contributed by atoms with Crippen LogP contribution in [0.4, 0.5) is 0 Å². The Morgan fingerprint density at radius 3 is 2.41 bits per heavy atom. The zero-order valence-corrected chi connectivity index (χ0v) is 19.5. The molecule has 0 aliphatic rings. The van der Waals surface area contributed by atoms with Crippen molar-refractivity contribution in [3.8, 4) is 5.75 Å². The van der Waals surface area contributed by atoms with Crippen LogP contribution in [0.3, 0.4) is 0 Å². The van der Waals surface area contributed by atoms with Crippen molar-refractivity contribution in [1.29, 1.82) is 0 Å². The molecule has 0 fully saturated rings. The van der Waals surface area contributed by atoms with Crippen LogP contribution in [-0.2, 0) is 19.6 Å². The lowest BCUT2D eigenvalue weighted by molar-refractivity contribution is 0.0945. The van der Waals surface area contributed by atoms with Crippen LogP contribution in [0, 0.1) is 0 Å². The van der Waals surface area contributed by atoms with Crippen LogP contribution in [0.1, 0.15) is 46.0 Å². The Kier molecular flexibility index (Phi) is 7.73. The van der Waals surface area contributed by atoms with Gasteiger partial charge in [-0.25, -0.2) is 4.98 Å². The van der Waals surface area contributed by atoms with E-state index in [9.17, 15) is 4.79 Å². The molecule has 6 nitrogen and oxygen atoms in total. The van der Waals surface area contributed by atoms with Gasteiger partial charge in [-0.1, -0.05) is 72.8 Å². The van der Waals surface area contributed by atoms with Gasteiger partial charge in [-0.05, 0) is 35.7 Å². The summed E-state index contributed by atoms with van der Waals surface area (Å²) in [6.07, 6.45) is 1.42. The van der Waals surface area contributed by atoms with Crippen LogP contribution in [0.25, 0.3) is 0 Å². The predicted octanol–water partition coefficient (Wildman–Crippen LogP) is 5.38. The minimum atomic E-state index is -0.255. The van der Waals surface area contributed by atoms with Crippen LogP contribution >= 0.6 is 0 Å². The normalized spacial score (nSPS) is 11.9. The van der Waals surface area contributed by atoms with E-state index in [0.29, 0.717) is 25.5 Å². The van der Waals surface area contributed by atoms with E-state index < -0.39 is 0 Å². The molecule has 1 atom stereocenters. The molecule has 1 amide bonds. The van der Waals surface area contributed by atoms with Gasteiger partial charge in [0.25, 0.3) is 5.91 Å². The Bertz CT molecular complexity index is 1190. The monoisotopic (exact) mass is 455 g/mol. The Hall–Kier alpha value is -3.90. The molecule has 6 heteroatoms. The number of aromatic nitrogens is 1. The van der Waals surface area contributed by atoms with E-state index in [1.165, 1.54) is 11.8 Å². The summed E-state index contributed by atoms with van der Waals surface area (Å²) in [7, 11) is 1.67. The second kappa shape index (κ2) is 11.3. The number of nitrogens with zero attached hydrogens (tertiary/aromatic N) is 2. The fraction of sp³-hybridized carbons (Fsp3) is 0.214. The van der Waals surface area contributed by atoms with Crippen molar-refractivity contribution < 1.29 is 13.9 Å². The number of hydrogen-bond acceptors (Lipinski definition) is 5. The SMILES string of the molecule is COc1cccc(CN(Cc2nc(C(=O)NCc3ccccc3)co2)C(C)c2ccccc2)c1. The van der Waals surface area contributed by atoms with Gasteiger partial charge in [0.15, 0.2) is 5.69 Å². The fourth-order valence-corrected chi connectivity index (χ4v) is 3.81. The molecule has 0 bridgehead atoms. The lowest BCUT2D eigenvalue weighted by Crippen LogP contribution is -2.27. The largest absolute Gasteiger partial charge is 0.497 e. The first kappa shape index (κ1) is 23.3. The van der Waals surface area contributed by atoms with Crippen LogP contribution in [-0.4, -0.2) is 22.9 Å². The quantitative estimate of drug-likeness (QED) is 0.348. The van der Waals surface area contributed by atoms with Crippen molar-refractivity contribution in [1.82, 2.24) is 15.2 Å². The summed E-state index contributed by atoms with van der Waals surface area (Å²) in [4.78, 5) is 19.3. The molecule has 1 heterocycles. The number of benzene rings is 3. The highest BCUT2D eigenvalue weighted by Crippen LogP contribution is 2.25. The van der Waals surface area contributed by atoms with Gasteiger partial charge in [0, 0.05) is 19.1 Å². The summed E-state index contributed by atoms with van der Waals surface area (Å²) in [5.41, 5.74) is 3.62. The maximum atomic E-state index is 12.6. The molecule has 0 saturated carbocycles. The Morgan fingerprint density at radius 2 is 1.68 bits per heavy atom. The number of carbonyl (C=O) groups is 1. The Labute approximate surface area is 200 Å². The first-order valence-corrected chi connectivity index (χ1v) is 11.3. The van der Waals surface area contributed by atoms with E-state index in [1.807, 2.05) is 66.7 Å².